The van der Waals surface area contributed by atoms with Crippen molar-refractivity contribution < 1.29 is 28.4 Å². The SMILES string of the molecule is COc1ccc2cc1Oc1ccc(cc1)C[C@H]1c3cc(ccc3CCN1C)Oc1c(OC)c(OC)c(COCc3ccsc3)c3c1[C@H](C2)N(C)CC3. The van der Waals surface area contributed by atoms with E-state index < -0.39 is 0 Å². The third-order valence-electron chi connectivity index (χ3n) is 10.9. The van der Waals surface area contributed by atoms with Gasteiger partial charge in [-0.05, 0) is 126 Å². The Morgan fingerprint density at radius 2 is 1.48 bits per heavy atom. The average molecular weight is 719 g/mol. The van der Waals surface area contributed by atoms with Crippen molar-refractivity contribution in [2.24, 2.45) is 0 Å². The lowest BCUT2D eigenvalue weighted by Gasteiger charge is -2.38. The fourth-order valence-corrected chi connectivity index (χ4v) is 8.76. The summed E-state index contributed by atoms with van der Waals surface area (Å²) >= 11 is 1.68. The van der Waals surface area contributed by atoms with E-state index in [4.69, 9.17) is 28.4 Å². The molecule has 4 aliphatic rings. The molecule has 0 unspecified atom stereocenters. The van der Waals surface area contributed by atoms with Crippen LogP contribution in [0.5, 0.6) is 40.2 Å². The zero-order valence-corrected chi connectivity index (χ0v) is 31.4. The maximum atomic E-state index is 7.11. The number of benzene rings is 4. The van der Waals surface area contributed by atoms with Gasteiger partial charge in [0, 0.05) is 36.3 Å². The van der Waals surface area contributed by atoms with E-state index in [0.717, 1.165) is 66.1 Å². The quantitative estimate of drug-likeness (QED) is 0.165. The highest BCUT2D eigenvalue weighted by Gasteiger charge is 2.36. The molecule has 0 fully saturated rings. The van der Waals surface area contributed by atoms with Gasteiger partial charge >= 0.3 is 0 Å². The summed E-state index contributed by atoms with van der Waals surface area (Å²) in [5.41, 5.74) is 9.47. The van der Waals surface area contributed by atoms with E-state index >= 15 is 0 Å². The van der Waals surface area contributed by atoms with Gasteiger partial charge in [0.1, 0.15) is 11.5 Å². The summed E-state index contributed by atoms with van der Waals surface area (Å²) < 4.78 is 38.2. The number of ether oxygens (including phenoxy) is 6. The minimum absolute atomic E-state index is 0.0369. The van der Waals surface area contributed by atoms with Gasteiger partial charge in [-0.25, -0.2) is 0 Å². The third-order valence-corrected chi connectivity index (χ3v) is 11.6. The Hall–Kier alpha value is -4.54. The molecule has 4 aromatic carbocycles. The van der Waals surface area contributed by atoms with E-state index in [-0.39, 0.29) is 12.1 Å². The van der Waals surface area contributed by atoms with E-state index in [1.807, 2.05) is 6.07 Å². The van der Waals surface area contributed by atoms with Gasteiger partial charge < -0.3 is 28.4 Å². The molecule has 0 radical (unpaired) electrons. The number of thiophene rings is 1. The highest BCUT2D eigenvalue weighted by atomic mass is 32.1. The number of fused-ring (bicyclic) bond motifs is 2. The molecule has 270 valence electrons. The monoisotopic (exact) mass is 718 g/mol. The van der Waals surface area contributed by atoms with Crippen molar-refractivity contribution in [1.29, 1.82) is 0 Å². The number of hydrogen-bond donors (Lipinski definition) is 0. The summed E-state index contributed by atoms with van der Waals surface area (Å²) in [6, 6.07) is 23.5. The first kappa shape index (κ1) is 34.5. The van der Waals surface area contributed by atoms with Crippen LogP contribution in [0, 0.1) is 0 Å². The summed E-state index contributed by atoms with van der Waals surface area (Å²) in [4.78, 5) is 4.86. The summed E-state index contributed by atoms with van der Waals surface area (Å²) in [6.45, 7) is 2.77. The molecule has 6 bridgehead atoms. The van der Waals surface area contributed by atoms with Gasteiger partial charge in [-0.2, -0.15) is 11.3 Å². The molecule has 9 heteroatoms. The molecule has 4 aliphatic heterocycles. The third kappa shape index (κ3) is 6.63. The maximum Gasteiger partial charge on any atom is 0.204 e. The Morgan fingerprint density at radius 3 is 2.25 bits per heavy atom. The smallest absolute Gasteiger partial charge is 0.204 e. The lowest BCUT2D eigenvalue weighted by atomic mass is 9.84. The molecule has 0 N–H and O–H groups in total. The molecule has 8 nitrogen and oxygen atoms in total. The first-order valence-electron chi connectivity index (χ1n) is 18.0. The van der Waals surface area contributed by atoms with Crippen LogP contribution in [0.2, 0.25) is 0 Å². The zero-order chi connectivity index (χ0) is 35.8. The fraction of sp³-hybridized carbons (Fsp3) is 0.349. The van der Waals surface area contributed by atoms with Crippen LogP contribution < -0.4 is 23.7 Å². The second kappa shape index (κ2) is 14.8. The van der Waals surface area contributed by atoms with Gasteiger partial charge in [-0.3, -0.25) is 9.80 Å². The van der Waals surface area contributed by atoms with Crippen LogP contribution in [0.4, 0.5) is 0 Å². The Kier molecular flexibility index (Phi) is 9.85. The van der Waals surface area contributed by atoms with Gasteiger partial charge in [0.2, 0.25) is 5.75 Å². The average Bonchev–Trinajstić information content (AvgIpc) is 3.68. The van der Waals surface area contributed by atoms with Crippen LogP contribution in [-0.4, -0.2) is 58.3 Å². The maximum absolute atomic E-state index is 7.11. The first-order chi connectivity index (χ1) is 25.4. The first-order valence-corrected chi connectivity index (χ1v) is 18.9. The van der Waals surface area contributed by atoms with Crippen molar-refractivity contribution in [3.8, 4) is 40.2 Å². The lowest BCUT2D eigenvalue weighted by Crippen LogP contribution is -2.35. The van der Waals surface area contributed by atoms with Gasteiger partial charge in [0.05, 0.1) is 34.5 Å². The van der Waals surface area contributed by atoms with E-state index in [9.17, 15) is 0 Å². The van der Waals surface area contributed by atoms with E-state index in [2.05, 4.69) is 95.3 Å². The van der Waals surface area contributed by atoms with E-state index in [1.165, 1.54) is 22.3 Å². The van der Waals surface area contributed by atoms with Crippen LogP contribution in [0.3, 0.4) is 0 Å². The number of nitrogens with zero attached hydrogens (tertiary/aromatic N) is 2. The summed E-state index contributed by atoms with van der Waals surface area (Å²) in [6.07, 6.45) is 3.39. The molecule has 0 saturated heterocycles. The van der Waals surface area contributed by atoms with Crippen LogP contribution in [0.15, 0.2) is 77.5 Å². The predicted molar refractivity (Wildman–Crippen MR) is 204 cm³/mol. The Bertz CT molecular complexity index is 2050. The second-order valence-electron chi connectivity index (χ2n) is 14.0. The van der Waals surface area contributed by atoms with Crippen LogP contribution >= 0.6 is 11.3 Å². The molecule has 0 saturated carbocycles. The molecule has 5 heterocycles. The minimum atomic E-state index is -0.0369. The molecule has 1 aromatic heterocycles. The molecule has 5 aromatic rings. The van der Waals surface area contributed by atoms with Crippen LogP contribution in [0.1, 0.15) is 56.6 Å². The number of methoxy groups -OCH3 is 3. The summed E-state index contributed by atoms with van der Waals surface area (Å²) in [5.74, 6) is 4.86. The van der Waals surface area contributed by atoms with Gasteiger partial charge in [0.25, 0.3) is 0 Å². The molecule has 0 amide bonds. The van der Waals surface area contributed by atoms with Crippen molar-refractivity contribution in [3.63, 3.8) is 0 Å². The van der Waals surface area contributed by atoms with Crippen LogP contribution in [-0.2, 0) is 43.6 Å². The molecular formula is C43H46N2O6S. The zero-order valence-electron chi connectivity index (χ0n) is 30.6. The van der Waals surface area contributed by atoms with Crippen molar-refractivity contribution in [2.75, 3.05) is 48.5 Å². The lowest BCUT2D eigenvalue weighted by molar-refractivity contribution is 0.103. The molecule has 9 rings (SSSR count). The summed E-state index contributed by atoms with van der Waals surface area (Å²) in [7, 11) is 9.49. The summed E-state index contributed by atoms with van der Waals surface area (Å²) in [5, 5.41) is 4.20. The van der Waals surface area contributed by atoms with Gasteiger partial charge in [-0.1, -0.05) is 24.3 Å². The molecular weight excluding hydrogens is 673 g/mol. The van der Waals surface area contributed by atoms with Crippen molar-refractivity contribution >= 4 is 11.3 Å². The number of likely N-dealkylation sites (N-methyl/N-ethyl adjacent to an activating group) is 2. The minimum Gasteiger partial charge on any atom is -0.493 e. The normalized spacial score (nSPS) is 18.4. The predicted octanol–water partition coefficient (Wildman–Crippen LogP) is 8.93. The molecule has 2 atom stereocenters. The largest absolute Gasteiger partial charge is 0.493 e. The topological polar surface area (TPSA) is 61.9 Å². The standard InChI is InChI=1S/C43H46N2O6S/c1-44-17-14-30-9-12-32-23-34(30)36(44)20-27-6-10-31(11-7-27)50-39-22-28(8-13-38(39)46-3)21-37-40-33(15-18-45(37)2)35(25-49-24-29-16-19-52-26-29)41(47-4)43(48-5)42(40)51-32/h6-13,16,19,22-23,26,36-37H,14-15,17-18,20-21,24-25H2,1-5H3/t36-,37-/m0/s1. The van der Waals surface area contributed by atoms with Crippen LogP contribution in [0.25, 0.3) is 0 Å². The Labute approximate surface area is 310 Å². The van der Waals surface area contributed by atoms with Gasteiger partial charge in [-0.15, -0.1) is 0 Å². The van der Waals surface area contributed by atoms with Gasteiger partial charge in [0.15, 0.2) is 23.0 Å². The van der Waals surface area contributed by atoms with Crippen molar-refractivity contribution in [1.82, 2.24) is 9.80 Å². The highest BCUT2D eigenvalue weighted by molar-refractivity contribution is 7.07. The Morgan fingerprint density at radius 1 is 0.731 bits per heavy atom. The van der Waals surface area contributed by atoms with E-state index in [0.29, 0.717) is 48.4 Å². The molecule has 0 spiro atoms. The van der Waals surface area contributed by atoms with E-state index in [1.54, 1.807) is 32.7 Å². The molecule has 0 aliphatic carbocycles. The van der Waals surface area contributed by atoms with Crippen molar-refractivity contribution in [2.45, 2.75) is 51.0 Å². The number of rotatable bonds is 7. The number of hydrogen-bond acceptors (Lipinski definition) is 9. The fourth-order valence-electron chi connectivity index (χ4n) is 8.10. The molecule has 52 heavy (non-hydrogen) atoms. The second-order valence-corrected chi connectivity index (χ2v) is 14.8. The highest BCUT2D eigenvalue weighted by Crippen LogP contribution is 2.53. The van der Waals surface area contributed by atoms with Crippen molar-refractivity contribution in [3.05, 3.63) is 122 Å². The Balaban J connectivity index is 1.32.